The molecule has 0 spiro atoms. The summed E-state index contributed by atoms with van der Waals surface area (Å²) in [5, 5.41) is 10.6. The number of hydrogen-bond donors (Lipinski definition) is 1. The van der Waals surface area contributed by atoms with Gasteiger partial charge < -0.3 is 9.84 Å². The maximum atomic E-state index is 9.92. The highest BCUT2D eigenvalue weighted by Crippen LogP contribution is 2.32. The molecule has 0 aliphatic heterocycles. The molecule has 0 fully saturated rings. The number of aromatic hydroxyl groups is 1. The van der Waals surface area contributed by atoms with Crippen LogP contribution in [-0.2, 0) is 0 Å². The van der Waals surface area contributed by atoms with Crippen molar-refractivity contribution < 1.29 is 9.84 Å². The fourth-order valence-electron chi connectivity index (χ4n) is 1.81. The highest BCUT2D eigenvalue weighted by molar-refractivity contribution is 14.1. The Kier molecular flexibility index (Phi) is 5.47. The maximum Gasteiger partial charge on any atom is 0.171 e. The van der Waals surface area contributed by atoms with Crippen molar-refractivity contribution in [3.63, 3.8) is 0 Å². The number of halogens is 2. The van der Waals surface area contributed by atoms with Crippen LogP contribution < -0.4 is 4.74 Å². The molecule has 0 aromatic heterocycles. The van der Waals surface area contributed by atoms with E-state index in [9.17, 15) is 5.11 Å². The van der Waals surface area contributed by atoms with Crippen LogP contribution in [0, 0.1) is 10.5 Å². The van der Waals surface area contributed by atoms with Crippen molar-refractivity contribution in [3.05, 3.63) is 50.1 Å². The molecule has 0 heterocycles. The van der Waals surface area contributed by atoms with Crippen LogP contribution in [-0.4, -0.2) is 17.9 Å². The van der Waals surface area contributed by atoms with Crippen LogP contribution in [0.2, 0.25) is 5.02 Å². The molecule has 0 atom stereocenters. The van der Waals surface area contributed by atoms with E-state index in [0.29, 0.717) is 17.4 Å². The molecule has 110 valence electrons. The van der Waals surface area contributed by atoms with Gasteiger partial charge in [0.25, 0.3) is 0 Å². The van der Waals surface area contributed by atoms with Crippen LogP contribution in [0.5, 0.6) is 11.5 Å². The van der Waals surface area contributed by atoms with Gasteiger partial charge in [-0.25, -0.2) is 0 Å². The number of aliphatic imine (C=N–C) groups is 1. The largest absolute Gasteiger partial charge is 0.504 e. The van der Waals surface area contributed by atoms with E-state index in [0.717, 1.165) is 20.4 Å². The minimum absolute atomic E-state index is 0.161. The van der Waals surface area contributed by atoms with Crippen LogP contribution in [0.1, 0.15) is 18.1 Å². The minimum Gasteiger partial charge on any atom is -0.504 e. The SMILES string of the molecule is CCOc1cc(C=Nc2cccc(Cl)c2C)cc(I)c1O. The van der Waals surface area contributed by atoms with Gasteiger partial charge in [-0.3, -0.25) is 4.99 Å². The van der Waals surface area contributed by atoms with Gasteiger partial charge in [0.1, 0.15) is 0 Å². The van der Waals surface area contributed by atoms with Crippen molar-refractivity contribution in [2.45, 2.75) is 13.8 Å². The Morgan fingerprint density at radius 2 is 2.14 bits per heavy atom. The van der Waals surface area contributed by atoms with Gasteiger partial charge in [0.2, 0.25) is 0 Å². The summed E-state index contributed by atoms with van der Waals surface area (Å²) >= 11 is 8.15. The van der Waals surface area contributed by atoms with Gasteiger partial charge in [-0.05, 0) is 71.8 Å². The number of phenolic OH excluding ortho intramolecular Hbond substituents is 1. The molecular weight excluding hydrogens is 401 g/mol. The van der Waals surface area contributed by atoms with Crippen molar-refractivity contribution in [1.29, 1.82) is 0 Å². The Hall–Kier alpha value is -1.27. The fraction of sp³-hybridized carbons (Fsp3) is 0.188. The fourth-order valence-corrected chi connectivity index (χ4v) is 2.61. The van der Waals surface area contributed by atoms with Crippen LogP contribution in [0.4, 0.5) is 5.69 Å². The van der Waals surface area contributed by atoms with Crippen molar-refractivity contribution in [3.8, 4) is 11.5 Å². The van der Waals surface area contributed by atoms with Crippen LogP contribution in [0.25, 0.3) is 0 Å². The van der Waals surface area contributed by atoms with Gasteiger partial charge in [-0.2, -0.15) is 0 Å². The molecule has 0 aliphatic rings. The molecule has 2 rings (SSSR count). The zero-order valence-electron chi connectivity index (χ0n) is 11.7. The van der Waals surface area contributed by atoms with Gasteiger partial charge in [-0.1, -0.05) is 17.7 Å². The maximum absolute atomic E-state index is 9.92. The third-order valence-electron chi connectivity index (χ3n) is 2.94. The lowest BCUT2D eigenvalue weighted by molar-refractivity contribution is 0.317. The molecule has 0 saturated heterocycles. The van der Waals surface area contributed by atoms with Crippen LogP contribution in [0.15, 0.2) is 35.3 Å². The monoisotopic (exact) mass is 415 g/mol. The summed E-state index contributed by atoms with van der Waals surface area (Å²) < 4.78 is 6.14. The average Bonchev–Trinajstić information content (AvgIpc) is 2.46. The van der Waals surface area contributed by atoms with Crippen LogP contribution in [0.3, 0.4) is 0 Å². The predicted molar refractivity (Wildman–Crippen MR) is 95.4 cm³/mol. The van der Waals surface area contributed by atoms with E-state index >= 15 is 0 Å². The summed E-state index contributed by atoms with van der Waals surface area (Å²) in [7, 11) is 0. The lowest BCUT2D eigenvalue weighted by Crippen LogP contribution is -1.95. The molecule has 0 bridgehead atoms. The highest BCUT2D eigenvalue weighted by atomic mass is 127. The Bertz CT molecular complexity index is 686. The lowest BCUT2D eigenvalue weighted by Gasteiger charge is -2.08. The number of nitrogens with zero attached hydrogens (tertiary/aromatic N) is 1. The second-order valence-corrected chi connectivity index (χ2v) is 5.99. The topological polar surface area (TPSA) is 41.8 Å². The summed E-state index contributed by atoms with van der Waals surface area (Å²) in [4.78, 5) is 4.46. The average molecular weight is 416 g/mol. The van der Waals surface area contributed by atoms with E-state index in [4.69, 9.17) is 16.3 Å². The molecule has 21 heavy (non-hydrogen) atoms. The van der Waals surface area contributed by atoms with Crippen molar-refractivity contribution in [1.82, 2.24) is 0 Å². The zero-order valence-corrected chi connectivity index (χ0v) is 14.6. The number of phenols is 1. The van der Waals surface area contributed by atoms with E-state index < -0.39 is 0 Å². The van der Waals surface area contributed by atoms with E-state index in [1.54, 1.807) is 12.3 Å². The Labute approximate surface area is 142 Å². The number of rotatable bonds is 4. The third kappa shape index (κ3) is 3.89. The van der Waals surface area contributed by atoms with E-state index in [1.807, 2.05) is 38.1 Å². The molecule has 0 radical (unpaired) electrons. The van der Waals surface area contributed by atoms with Crippen molar-refractivity contribution in [2.75, 3.05) is 6.61 Å². The summed E-state index contributed by atoms with van der Waals surface area (Å²) in [6, 6.07) is 9.24. The number of benzene rings is 2. The van der Waals surface area contributed by atoms with E-state index in [1.165, 1.54) is 0 Å². The van der Waals surface area contributed by atoms with Crippen molar-refractivity contribution >= 4 is 46.1 Å². The molecular formula is C16H15ClINO2. The Morgan fingerprint density at radius 3 is 2.86 bits per heavy atom. The summed E-state index contributed by atoms with van der Waals surface area (Å²) in [5.74, 6) is 0.627. The molecule has 0 amide bonds. The van der Waals surface area contributed by atoms with Crippen molar-refractivity contribution in [2.24, 2.45) is 4.99 Å². The summed E-state index contributed by atoms with van der Waals surface area (Å²) in [5.41, 5.74) is 2.62. The molecule has 5 heteroatoms. The zero-order chi connectivity index (χ0) is 15.4. The summed E-state index contributed by atoms with van der Waals surface area (Å²) in [6.45, 7) is 4.31. The molecule has 0 aliphatic carbocycles. The normalized spacial score (nSPS) is 11.0. The molecule has 2 aromatic carbocycles. The first kappa shape index (κ1) is 16.1. The van der Waals surface area contributed by atoms with Gasteiger partial charge in [0.05, 0.1) is 15.9 Å². The first-order valence-electron chi connectivity index (χ1n) is 6.47. The van der Waals surface area contributed by atoms with E-state index in [2.05, 4.69) is 27.6 Å². The van der Waals surface area contributed by atoms with Gasteiger partial charge >= 0.3 is 0 Å². The van der Waals surface area contributed by atoms with Gasteiger partial charge in [0, 0.05) is 11.2 Å². The minimum atomic E-state index is 0.161. The molecule has 1 N–H and O–H groups in total. The van der Waals surface area contributed by atoms with E-state index in [-0.39, 0.29) is 5.75 Å². The predicted octanol–water partition coefficient (Wildman–Crippen LogP) is 5.11. The van der Waals surface area contributed by atoms with Gasteiger partial charge in [-0.15, -0.1) is 0 Å². The first-order valence-corrected chi connectivity index (χ1v) is 7.93. The Balaban J connectivity index is 2.35. The molecule has 3 nitrogen and oxygen atoms in total. The molecule has 0 saturated carbocycles. The Morgan fingerprint density at radius 1 is 1.38 bits per heavy atom. The van der Waals surface area contributed by atoms with Gasteiger partial charge in [0.15, 0.2) is 11.5 Å². The number of hydrogen-bond acceptors (Lipinski definition) is 3. The highest BCUT2D eigenvalue weighted by Gasteiger charge is 2.08. The quantitative estimate of drug-likeness (QED) is 0.557. The third-order valence-corrected chi connectivity index (χ3v) is 4.17. The lowest BCUT2D eigenvalue weighted by atomic mass is 10.2. The molecule has 0 unspecified atom stereocenters. The molecule has 2 aromatic rings. The number of ether oxygens (including phenoxy) is 1. The second-order valence-electron chi connectivity index (χ2n) is 4.42. The standard InChI is InChI=1S/C16H15ClINO2/c1-3-21-15-8-11(7-13(18)16(15)20)9-19-14-6-4-5-12(17)10(14)2/h4-9,20H,3H2,1-2H3. The first-order chi connectivity index (χ1) is 10.0. The smallest absolute Gasteiger partial charge is 0.171 e. The second kappa shape index (κ2) is 7.13. The van der Waals surface area contributed by atoms with Crippen LogP contribution >= 0.6 is 34.2 Å². The summed E-state index contributed by atoms with van der Waals surface area (Å²) in [6.07, 6.45) is 1.74.